The van der Waals surface area contributed by atoms with Crippen LogP contribution in [0.5, 0.6) is 0 Å². The molecule has 6 heteroatoms. The maximum atomic E-state index is 12.9. The van der Waals surface area contributed by atoms with Gasteiger partial charge < -0.3 is 9.80 Å². The number of anilines is 1. The zero-order valence-electron chi connectivity index (χ0n) is 16.9. The minimum absolute atomic E-state index is 0.207. The molecule has 1 aliphatic heterocycles. The molecule has 0 spiro atoms. The Balaban J connectivity index is 1.23. The van der Waals surface area contributed by atoms with Crippen LogP contribution in [-0.2, 0) is 11.2 Å². The standard InChI is InChI=1S/C24H23N3OS2/c1-29-20-8-9-21-22(16-20)30-24(25-21)27-12-10-26(11-13-27)23(28)15-17-6-7-18-4-2-3-5-19(18)14-17/h2-9,14,16H,10-13,15H2,1H3. The van der Waals surface area contributed by atoms with E-state index >= 15 is 0 Å². The highest BCUT2D eigenvalue weighted by molar-refractivity contribution is 7.98. The number of fused-ring (bicyclic) bond motifs is 2. The summed E-state index contributed by atoms with van der Waals surface area (Å²) in [5.41, 5.74) is 2.14. The number of hydrogen-bond acceptors (Lipinski definition) is 5. The molecule has 4 nitrogen and oxygen atoms in total. The Kier molecular flexibility index (Phi) is 5.35. The van der Waals surface area contributed by atoms with Crippen molar-refractivity contribution in [3.05, 3.63) is 66.2 Å². The molecule has 0 saturated carbocycles. The summed E-state index contributed by atoms with van der Waals surface area (Å²) in [7, 11) is 0. The lowest BCUT2D eigenvalue weighted by atomic mass is 10.0. The Morgan fingerprint density at radius 2 is 1.80 bits per heavy atom. The average molecular weight is 434 g/mol. The summed E-state index contributed by atoms with van der Waals surface area (Å²) in [4.78, 5) is 23.2. The number of rotatable bonds is 4. The predicted octanol–water partition coefficient (Wildman–Crippen LogP) is 5.06. The van der Waals surface area contributed by atoms with Gasteiger partial charge in [-0.15, -0.1) is 11.8 Å². The van der Waals surface area contributed by atoms with E-state index in [-0.39, 0.29) is 5.91 Å². The van der Waals surface area contributed by atoms with Crippen LogP contribution in [-0.4, -0.2) is 48.2 Å². The quantitative estimate of drug-likeness (QED) is 0.422. The van der Waals surface area contributed by atoms with Crippen LogP contribution in [0.25, 0.3) is 21.0 Å². The SMILES string of the molecule is CSc1ccc2nc(N3CCN(C(=O)Cc4ccc5ccccc5c4)CC3)sc2c1. The summed E-state index contributed by atoms with van der Waals surface area (Å²) in [5.74, 6) is 0.207. The molecule has 5 rings (SSSR count). The Labute approximate surface area is 184 Å². The lowest BCUT2D eigenvalue weighted by molar-refractivity contribution is -0.130. The zero-order valence-corrected chi connectivity index (χ0v) is 18.5. The van der Waals surface area contributed by atoms with Gasteiger partial charge in [0.15, 0.2) is 5.13 Å². The van der Waals surface area contributed by atoms with Gasteiger partial charge in [-0.2, -0.15) is 0 Å². The van der Waals surface area contributed by atoms with Crippen LogP contribution >= 0.6 is 23.1 Å². The molecular formula is C24H23N3OS2. The van der Waals surface area contributed by atoms with Crippen LogP contribution < -0.4 is 4.90 Å². The third-order valence-electron chi connectivity index (χ3n) is 5.66. The van der Waals surface area contributed by atoms with Crippen LogP contribution in [0.4, 0.5) is 5.13 Å². The van der Waals surface area contributed by atoms with Crippen molar-refractivity contribution in [2.75, 3.05) is 37.3 Å². The summed E-state index contributed by atoms with van der Waals surface area (Å²) in [6.07, 6.45) is 2.56. The summed E-state index contributed by atoms with van der Waals surface area (Å²) in [6.45, 7) is 3.16. The number of carbonyl (C=O) groups excluding carboxylic acids is 1. The van der Waals surface area contributed by atoms with Gasteiger partial charge in [-0.25, -0.2) is 4.98 Å². The number of thiazole rings is 1. The highest BCUT2D eigenvalue weighted by Gasteiger charge is 2.23. The van der Waals surface area contributed by atoms with Crippen LogP contribution in [0.3, 0.4) is 0 Å². The van der Waals surface area contributed by atoms with E-state index in [4.69, 9.17) is 4.98 Å². The van der Waals surface area contributed by atoms with E-state index in [1.165, 1.54) is 20.4 Å². The Morgan fingerprint density at radius 1 is 1.00 bits per heavy atom. The van der Waals surface area contributed by atoms with Gasteiger partial charge in [0, 0.05) is 31.1 Å². The monoisotopic (exact) mass is 433 g/mol. The first-order valence-electron chi connectivity index (χ1n) is 10.1. The highest BCUT2D eigenvalue weighted by Crippen LogP contribution is 2.32. The number of thioether (sulfide) groups is 1. The van der Waals surface area contributed by atoms with Crippen molar-refractivity contribution in [2.45, 2.75) is 11.3 Å². The number of piperazine rings is 1. The minimum Gasteiger partial charge on any atom is -0.345 e. The van der Waals surface area contributed by atoms with E-state index in [9.17, 15) is 4.79 Å². The second-order valence-electron chi connectivity index (χ2n) is 7.56. The zero-order chi connectivity index (χ0) is 20.5. The number of benzene rings is 3. The molecule has 3 aromatic carbocycles. The van der Waals surface area contributed by atoms with E-state index in [0.29, 0.717) is 6.42 Å². The van der Waals surface area contributed by atoms with E-state index in [1.807, 2.05) is 17.0 Å². The summed E-state index contributed by atoms with van der Waals surface area (Å²) in [5, 5.41) is 3.46. The molecule has 1 aromatic heterocycles. The fraction of sp³-hybridized carbons (Fsp3) is 0.250. The highest BCUT2D eigenvalue weighted by atomic mass is 32.2. The molecule has 4 aromatic rings. The van der Waals surface area contributed by atoms with Crippen molar-refractivity contribution in [3.8, 4) is 0 Å². The van der Waals surface area contributed by atoms with Gasteiger partial charge in [0.25, 0.3) is 0 Å². The normalized spacial score (nSPS) is 14.6. The molecule has 0 radical (unpaired) electrons. The fourth-order valence-electron chi connectivity index (χ4n) is 3.94. The second kappa shape index (κ2) is 8.28. The summed E-state index contributed by atoms with van der Waals surface area (Å²) >= 11 is 3.50. The van der Waals surface area contributed by atoms with Crippen LogP contribution in [0.2, 0.25) is 0 Å². The third-order valence-corrected chi connectivity index (χ3v) is 7.46. The first kappa shape index (κ1) is 19.4. The first-order chi connectivity index (χ1) is 14.7. The van der Waals surface area contributed by atoms with E-state index < -0.39 is 0 Å². The number of nitrogens with zero attached hydrogens (tertiary/aromatic N) is 3. The molecule has 0 aliphatic carbocycles. The third kappa shape index (κ3) is 3.89. The van der Waals surface area contributed by atoms with Gasteiger partial charge in [-0.3, -0.25) is 4.79 Å². The molecule has 1 saturated heterocycles. The smallest absolute Gasteiger partial charge is 0.227 e. The largest absolute Gasteiger partial charge is 0.345 e. The fourth-order valence-corrected chi connectivity index (χ4v) is 5.51. The van der Waals surface area contributed by atoms with Crippen molar-refractivity contribution in [1.82, 2.24) is 9.88 Å². The van der Waals surface area contributed by atoms with Crippen molar-refractivity contribution in [1.29, 1.82) is 0 Å². The maximum Gasteiger partial charge on any atom is 0.227 e. The van der Waals surface area contributed by atoms with Gasteiger partial charge in [-0.1, -0.05) is 53.8 Å². The van der Waals surface area contributed by atoms with Crippen molar-refractivity contribution in [2.24, 2.45) is 0 Å². The first-order valence-corrected chi connectivity index (χ1v) is 12.2. The summed E-state index contributed by atoms with van der Waals surface area (Å²) in [6, 6.07) is 21.0. The lowest BCUT2D eigenvalue weighted by Crippen LogP contribution is -2.49. The van der Waals surface area contributed by atoms with Gasteiger partial charge in [0.05, 0.1) is 16.6 Å². The number of amides is 1. The van der Waals surface area contributed by atoms with Gasteiger partial charge >= 0.3 is 0 Å². The molecule has 0 atom stereocenters. The van der Waals surface area contributed by atoms with Crippen LogP contribution in [0, 0.1) is 0 Å². The van der Waals surface area contributed by atoms with E-state index in [2.05, 4.69) is 59.7 Å². The molecule has 0 bridgehead atoms. The Bertz CT molecular complexity index is 1210. The number of aromatic nitrogens is 1. The molecule has 1 fully saturated rings. The Hall–Kier alpha value is -2.57. The van der Waals surface area contributed by atoms with Crippen molar-refractivity contribution < 1.29 is 4.79 Å². The molecule has 1 aliphatic rings. The molecule has 2 heterocycles. The molecule has 1 amide bonds. The van der Waals surface area contributed by atoms with Crippen LogP contribution in [0.1, 0.15) is 5.56 Å². The minimum atomic E-state index is 0.207. The number of hydrogen-bond donors (Lipinski definition) is 0. The van der Waals surface area contributed by atoms with Crippen LogP contribution in [0.15, 0.2) is 65.6 Å². The molecule has 152 valence electrons. The van der Waals surface area contributed by atoms with E-state index in [0.717, 1.165) is 42.4 Å². The van der Waals surface area contributed by atoms with Crippen molar-refractivity contribution >= 4 is 55.1 Å². The average Bonchev–Trinajstić information content (AvgIpc) is 3.22. The van der Waals surface area contributed by atoms with Crippen molar-refractivity contribution in [3.63, 3.8) is 0 Å². The van der Waals surface area contributed by atoms with Gasteiger partial charge in [-0.05, 0) is 40.8 Å². The molecular weight excluding hydrogens is 410 g/mol. The molecule has 0 N–H and O–H groups in total. The second-order valence-corrected chi connectivity index (χ2v) is 9.44. The Morgan fingerprint density at radius 3 is 2.60 bits per heavy atom. The number of carbonyl (C=O) groups is 1. The van der Waals surface area contributed by atoms with Gasteiger partial charge in [0.2, 0.25) is 5.91 Å². The predicted molar refractivity (Wildman–Crippen MR) is 128 cm³/mol. The topological polar surface area (TPSA) is 36.4 Å². The van der Waals surface area contributed by atoms with Gasteiger partial charge in [0.1, 0.15) is 0 Å². The molecule has 30 heavy (non-hydrogen) atoms. The molecule has 0 unspecified atom stereocenters. The summed E-state index contributed by atoms with van der Waals surface area (Å²) < 4.78 is 1.23. The van der Waals surface area contributed by atoms with E-state index in [1.54, 1.807) is 23.1 Å². The lowest BCUT2D eigenvalue weighted by Gasteiger charge is -2.34. The maximum absolute atomic E-state index is 12.9.